The lowest BCUT2D eigenvalue weighted by Gasteiger charge is -2.08. The first-order valence-electron chi connectivity index (χ1n) is 15.4. The highest BCUT2D eigenvalue weighted by Gasteiger charge is 2.23. The second-order valence-electron chi connectivity index (χ2n) is 12.0. The quantitative estimate of drug-likeness (QED) is 0.201. The molecule has 214 valence electrons. The number of para-hydroxylation sites is 4. The smallest absolute Gasteiger partial charge is 0.147 e. The van der Waals surface area contributed by atoms with Gasteiger partial charge in [0.2, 0.25) is 0 Å². The standard InChI is InChI=1S/C42H22O4/c1-5-13-33-25(9-1)29-21-30-26-10-2-6-14-34(26)44-40(30)37(39(29)43-33)23-17-19-24(20-18-23)38-41-31(27-11-3-7-15-35(27)45-41)22-32-28-12-4-8-16-36(28)46-42(32)38/h1-22H. The van der Waals surface area contributed by atoms with E-state index in [0.29, 0.717) is 0 Å². The molecule has 0 unspecified atom stereocenters. The van der Waals surface area contributed by atoms with Gasteiger partial charge in [0.25, 0.3) is 0 Å². The highest BCUT2D eigenvalue weighted by Crippen LogP contribution is 2.47. The Balaban J connectivity index is 1.21. The Hall–Kier alpha value is -6.26. The van der Waals surface area contributed by atoms with E-state index < -0.39 is 0 Å². The van der Waals surface area contributed by atoms with E-state index in [1.54, 1.807) is 0 Å². The van der Waals surface area contributed by atoms with Crippen molar-refractivity contribution in [3.8, 4) is 22.3 Å². The molecule has 0 amide bonds. The van der Waals surface area contributed by atoms with E-state index in [0.717, 1.165) is 110 Å². The Kier molecular flexibility index (Phi) is 4.55. The largest absolute Gasteiger partial charge is 0.455 e. The number of furan rings is 4. The van der Waals surface area contributed by atoms with Crippen molar-refractivity contribution in [3.05, 3.63) is 133 Å². The Morgan fingerprint density at radius 3 is 0.804 bits per heavy atom. The van der Waals surface area contributed by atoms with E-state index >= 15 is 0 Å². The van der Waals surface area contributed by atoms with Gasteiger partial charge >= 0.3 is 0 Å². The van der Waals surface area contributed by atoms with Crippen LogP contribution < -0.4 is 0 Å². The molecule has 0 aliphatic heterocycles. The fourth-order valence-corrected chi connectivity index (χ4v) is 7.40. The van der Waals surface area contributed by atoms with E-state index in [4.69, 9.17) is 17.7 Å². The van der Waals surface area contributed by atoms with Crippen LogP contribution in [0.15, 0.2) is 151 Å². The number of rotatable bonds is 2. The third-order valence-electron chi connectivity index (χ3n) is 9.48. The summed E-state index contributed by atoms with van der Waals surface area (Å²) in [5.74, 6) is 0. The van der Waals surface area contributed by atoms with Crippen LogP contribution in [0.25, 0.3) is 110 Å². The first-order valence-corrected chi connectivity index (χ1v) is 15.4. The molecular formula is C42H22O4. The van der Waals surface area contributed by atoms with Crippen molar-refractivity contribution >= 4 is 87.8 Å². The fourth-order valence-electron chi connectivity index (χ4n) is 7.40. The van der Waals surface area contributed by atoms with Crippen molar-refractivity contribution in [2.75, 3.05) is 0 Å². The molecule has 4 heteroatoms. The molecule has 0 aliphatic rings. The molecule has 0 saturated carbocycles. The third-order valence-corrected chi connectivity index (χ3v) is 9.48. The predicted molar refractivity (Wildman–Crippen MR) is 186 cm³/mol. The van der Waals surface area contributed by atoms with Crippen molar-refractivity contribution in [2.24, 2.45) is 0 Å². The second-order valence-corrected chi connectivity index (χ2v) is 12.0. The summed E-state index contributed by atoms with van der Waals surface area (Å²) in [5.41, 5.74) is 10.6. The molecule has 11 rings (SSSR count). The van der Waals surface area contributed by atoms with Crippen LogP contribution in [-0.2, 0) is 0 Å². The summed E-state index contributed by atoms with van der Waals surface area (Å²) in [5, 5.41) is 8.65. The molecule has 7 aromatic carbocycles. The minimum atomic E-state index is 0.819. The van der Waals surface area contributed by atoms with Crippen LogP contribution in [0.2, 0.25) is 0 Å². The van der Waals surface area contributed by atoms with E-state index in [1.165, 1.54) is 0 Å². The zero-order valence-corrected chi connectivity index (χ0v) is 24.3. The predicted octanol–water partition coefficient (Wildman–Crippen LogP) is 12.6. The Morgan fingerprint density at radius 1 is 0.261 bits per heavy atom. The van der Waals surface area contributed by atoms with Gasteiger partial charge in [0.05, 0.1) is 11.1 Å². The van der Waals surface area contributed by atoms with Crippen LogP contribution >= 0.6 is 0 Å². The minimum absolute atomic E-state index is 0.819. The van der Waals surface area contributed by atoms with Crippen LogP contribution in [0.5, 0.6) is 0 Å². The summed E-state index contributed by atoms with van der Waals surface area (Å²) in [6, 6.07) is 45.9. The summed E-state index contributed by atoms with van der Waals surface area (Å²) in [4.78, 5) is 0. The lowest BCUT2D eigenvalue weighted by Crippen LogP contribution is -1.85. The van der Waals surface area contributed by atoms with Crippen molar-refractivity contribution in [3.63, 3.8) is 0 Å². The highest BCUT2D eigenvalue weighted by atomic mass is 16.4. The van der Waals surface area contributed by atoms with Gasteiger partial charge in [0.1, 0.15) is 44.7 Å². The van der Waals surface area contributed by atoms with E-state index in [1.807, 2.05) is 48.5 Å². The zero-order valence-electron chi connectivity index (χ0n) is 24.3. The highest BCUT2D eigenvalue weighted by molar-refractivity contribution is 6.23. The van der Waals surface area contributed by atoms with Gasteiger partial charge in [-0.25, -0.2) is 0 Å². The molecule has 0 saturated heterocycles. The maximum Gasteiger partial charge on any atom is 0.147 e. The van der Waals surface area contributed by atoms with Gasteiger partial charge in [-0.1, -0.05) is 97.1 Å². The third kappa shape index (κ3) is 3.12. The monoisotopic (exact) mass is 590 g/mol. The van der Waals surface area contributed by atoms with Gasteiger partial charge in [-0.05, 0) is 47.5 Å². The number of hydrogen-bond acceptors (Lipinski definition) is 4. The lowest BCUT2D eigenvalue weighted by atomic mass is 9.95. The number of fused-ring (bicyclic) bond motifs is 12. The van der Waals surface area contributed by atoms with E-state index in [-0.39, 0.29) is 0 Å². The SMILES string of the molecule is c1ccc2c(c1)oc1c(-c3ccc(-c4c5oc6ccccc6c5cc5c4oc4ccccc45)cc3)c3oc4ccccc4c3cc12. The number of benzene rings is 7. The Labute approximate surface area is 260 Å². The van der Waals surface area contributed by atoms with Crippen molar-refractivity contribution < 1.29 is 17.7 Å². The zero-order chi connectivity index (χ0) is 29.9. The fraction of sp³-hybridized carbons (Fsp3) is 0. The minimum Gasteiger partial charge on any atom is -0.455 e. The summed E-state index contributed by atoms with van der Waals surface area (Å²) in [6.07, 6.45) is 0. The lowest BCUT2D eigenvalue weighted by molar-refractivity contribution is 0.657. The molecule has 11 aromatic rings. The van der Waals surface area contributed by atoms with Gasteiger partial charge in [-0.15, -0.1) is 0 Å². The van der Waals surface area contributed by atoms with Crippen LogP contribution in [0.1, 0.15) is 0 Å². The van der Waals surface area contributed by atoms with Crippen molar-refractivity contribution in [2.45, 2.75) is 0 Å². The van der Waals surface area contributed by atoms with Crippen molar-refractivity contribution in [1.82, 2.24) is 0 Å². The van der Waals surface area contributed by atoms with Crippen LogP contribution in [0, 0.1) is 0 Å². The molecule has 0 fully saturated rings. The molecule has 4 aromatic heterocycles. The topological polar surface area (TPSA) is 52.6 Å². The molecule has 4 nitrogen and oxygen atoms in total. The van der Waals surface area contributed by atoms with Crippen molar-refractivity contribution in [1.29, 1.82) is 0 Å². The first kappa shape index (κ1) is 24.1. The summed E-state index contributed by atoms with van der Waals surface area (Å²) < 4.78 is 26.2. The molecule has 46 heavy (non-hydrogen) atoms. The molecular weight excluding hydrogens is 568 g/mol. The Bertz CT molecular complexity index is 2630. The first-order chi connectivity index (χ1) is 22.8. The van der Waals surface area contributed by atoms with E-state index in [2.05, 4.69) is 84.9 Å². The van der Waals surface area contributed by atoms with Gasteiger partial charge in [-0.2, -0.15) is 0 Å². The molecule has 0 aliphatic carbocycles. The maximum absolute atomic E-state index is 6.55. The van der Waals surface area contributed by atoms with Crippen LogP contribution in [0.3, 0.4) is 0 Å². The molecule has 0 bridgehead atoms. The second kappa shape index (κ2) is 8.68. The summed E-state index contributed by atoms with van der Waals surface area (Å²) in [7, 11) is 0. The van der Waals surface area contributed by atoms with Gasteiger partial charge in [0.15, 0.2) is 0 Å². The normalized spacial score (nSPS) is 12.3. The van der Waals surface area contributed by atoms with Gasteiger partial charge in [0, 0.05) is 43.1 Å². The molecule has 0 N–H and O–H groups in total. The molecule has 0 radical (unpaired) electrons. The van der Waals surface area contributed by atoms with E-state index in [9.17, 15) is 0 Å². The summed E-state index contributed by atoms with van der Waals surface area (Å²) >= 11 is 0. The Morgan fingerprint density at radius 2 is 0.522 bits per heavy atom. The van der Waals surface area contributed by atoms with Gasteiger partial charge in [-0.3, -0.25) is 0 Å². The van der Waals surface area contributed by atoms with Crippen LogP contribution in [-0.4, -0.2) is 0 Å². The van der Waals surface area contributed by atoms with Gasteiger partial charge < -0.3 is 17.7 Å². The maximum atomic E-state index is 6.55. The molecule has 4 heterocycles. The average Bonchev–Trinajstić information content (AvgIpc) is 3.86. The summed E-state index contributed by atoms with van der Waals surface area (Å²) in [6.45, 7) is 0. The molecule has 0 atom stereocenters. The number of hydrogen-bond donors (Lipinski definition) is 0. The average molecular weight is 591 g/mol. The van der Waals surface area contributed by atoms with Crippen LogP contribution in [0.4, 0.5) is 0 Å². The molecule has 0 spiro atoms.